The molecule has 1 atom stereocenters. The van der Waals surface area contributed by atoms with Gasteiger partial charge in [-0.25, -0.2) is 0 Å². The Kier molecular flexibility index (Phi) is 10.3. The molecule has 0 aromatic carbocycles. The summed E-state index contributed by atoms with van der Waals surface area (Å²) in [7, 11) is 0. The summed E-state index contributed by atoms with van der Waals surface area (Å²) in [4.78, 5) is 10.1. The number of carbonyl (C=O) groups is 1. The van der Waals surface area contributed by atoms with Gasteiger partial charge in [0.05, 0.1) is 13.2 Å². The number of carboxylic acids is 1. The maximum absolute atomic E-state index is 10.1. The number of hydrogen-bond acceptors (Lipinski definition) is 5. The molecule has 0 aromatic heterocycles. The first-order chi connectivity index (χ1) is 7.68. The van der Waals surface area contributed by atoms with E-state index < -0.39 is 12.0 Å². The molecule has 0 aromatic rings. The number of hydrogen-bond donors (Lipinski definition) is 4. The molecule has 0 saturated carbocycles. The van der Waals surface area contributed by atoms with E-state index in [-0.39, 0.29) is 0 Å². The highest BCUT2D eigenvalue weighted by molar-refractivity contribution is 5.72. The summed E-state index contributed by atoms with van der Waals surface area (Å²) < 4.78 is 5.01. The molecule has 6 N–H and O–H groups in total. The SMILES string of the molecule is C1COCCN1.NCCCC[C@H](N)C(=O)O. The first kappa shape index (κ1) is 15.3. The molecule has 0 spiro atoms. The molecule has 1 saturated heterocycles. The van der Waals surface area contributed by atoms with Crippen molar-refractivity contribution >= 4 is 5.97 Å². The fourth-order valence-electron chi connectivity index (χ4n) is 1.15. The zero-order valence-electron chi connectivity index (χ0n) is 9.65. The Labute approximate surface area is 96.3 Å². The summed E-state index contributed by atoms with van der Waals surface area (Å²) in [6, 6.07) is -0.716. The van der Waals surface area contributed by atoms with Crippen molar-refractivity contribution in [3.63, 3.8) is 0 Å². The third kappa shape index (κ3) is 9.85. The number of ether oxygens (including phenoxy) is 1. The molecule has 16 heavy (non-hydrogen) atoms. The first-order valence-electron chi connectivity index (χ1n) is 5.65. The van der Waals surface area contributed by atoms with E-state index in [1.165, 1.54) is 0 Å². The van der Waals surface area contributed by atoms with E-state index in [1.807, 2.05) is 0 Å². The molecule has 0 radical (unpaired) electrons. The fourth-order valence-corrected chi connectivity index (χ4v) is 1.15. The Morgan fingerprint density at radius 2 is 2.00 bits per heavy atom. The van der Waals surface area contributed by atoms with Gasteiger partial charge in [0.2, 0.25) is 0 Å². The van der Waals surface area contributed by atoms with E-state index >= 15 is 0 Å². The van der Waals surface area contributed by atoms with Crippen LogP contribution in [0.1, 0.15) is 19.3 Å². The Balaban J connectivity index is 0.000000315. The normalized spacial score (nSPS) is 17.1. The maximum Gasteiger partial charge on any atom is 0.320 e. The lowest BCUT2D eigenvalue weighted by Gasteiger charge is -2.10. The molecule has 1 aliphatic rings. The molecule has 6 heteroatoms. The lowest BCUT2D eigenvalue weighted by molar-refractivity contribution is -0.138. The molecule has 96 valence electrons. The number of nitrogens with two attached hydrogens (primary N) is 2. The lowest BCUT2D eigenvalue weighted by Crippen LogP contribution is -2.30. The second-order valence-corrected chi connectivity index (χ2v) is 3.59. The fraction of sp³-hybridized carbons (Fsp3) is 0.900. The van der Waals surface area contributed by atoms with Crippen LogP contribution < -0.4 is 16.8 Å². The van der Waals surface area contributed by atoms with Crippen LogP contribution in [-0.2, 0) is 9.53 Å². The van der Waals surface area contributed by atoms with E-state index in [0.717, 1.165) is 39.1 Å². The van der Waals surface area contributed by atoms with Crippen LogP contribution in [0.3, 0.4) is 0 Å². The number of aliphatic carboxylic acids is 1. The van der Waals surface area contributed by atoms with Gasteiger partial charge in [-0.15, -0.1) is 0 Å². The number of unbranched alkanes of at least 4 members (excludes halogenated alkanes) is 1. The van der Waals surface area contributed by atoms with Gasteiger partial charge in [0.15, 0.2) is 0 Å². The summed E-state index contributed by atoms with van der Waals surface area (Å²) in [5.74, 6) is -0.933. The minimum Gasteiger partial charge on any atom is -0.480 e. The van der Waals surface area contributed by atoms with Crippen LogP contribution >= 0.6 is 0 Å². The van der Waals surface area contributed by atoms with E-state index in [2.05, 4.69) is 5.32 Å². The summed E-state index contributed by atoms with van der Waals surface area (Å²) in [5, 5.41) is 11.5. The standard InChI is InChI=1S/C6H14N2O2.C4H9NO/c7-4-2-1-3-5(8)6(9)10;1-3-6-4-2-5-1/h5H,1-4,7-8H2,(H,9,10);5H,1-4H2/t5-;/m0./s1. The smallest absolute Gasteiger partial charge is 0.320 e. The van der Waals surface area contributed by atoms with Crippen LogP contribution in [0.5, 0.6) is 0 Å². The van der Waals surface area contributed by atoms with Gasteiger partial charge in [-0.05, 0) is 19.4 Å². The van der Waals surface area contributed by atoms with Crippen molar-refractivity contribution in [1.82, 2.24) is 5.32 Å². The van der Waals surface area contributed by atoms with Gasteiger partial charge in [0.25, 0.3) is 0 Å². The Bertz CT molecular complexity index is 163. The van der Waals surface area contributed by atoms with Crippen molar-refractivity contribution in [3.8, 4) is 0 Å². The minimum atomic E-state index is -0.933. The third-order valence-corrected chi connectivity index (χ3v) is 2.13. The topological polar surface area (TPSA) is 111 Å². The molecule has 1 heterocycles. The van der Waals surface area contributed by atoms with Crippen molar-refractivity contribution in [2.24, 2.45) is 11.5 Å². The molecular weight excluding hydrogens is 210 g/mol. The van der Waals surface area contributed by atoms with Crippen molar-refractivity contribution in [3.05, 3.63) is 0 Å². The number of morpholine rings is 1. The summed E-state index contributed by atoms with van der Waals surface area (Å²) in [6.07, 6.45) is 2.16. The quantitative estimate of drug-likeness (QED) is 0.460. The van der Waals surface area contributed by atoms with Crippen molar-refractivity contribution in [2.45, 2.75) is 25.3 Å². The molecule has 1 fully saturated rings. The van der Waals surface area contributed by atoms with E-state index in [4.69, 9.17) is 21.3 Å². The van der Waals surface area contributed by atoms with Gasteiger partial charge in [-0.1, -0.05) is 6.42 Å². The van der Waals surface area contributed by atoms with E-state index in [9.17, 15) is 4.79 Å². The Morgan fingerprint density at radius 1 is 1.38 bits per heavy atom. The predicted octanol–water partition coefficient (Wildman–Crippen LogP) is -0.866. The van der Waals surface area contributed by atoms with Gasteiger partial charge in [-0.3, -0.25) is 4.79 Å². The highest BCUT2D eigenvalue weighted by atomic mass is 16.5. The Hall–Kier alpha value is -0.690. The van der Waals surface area contributed by atoms with Gasteiger partial charge in [0.1, 0.15) is 6.04 Å². The monoisotopic (exact) mass is 233 g/mol. The zero-order valence-corrected chi connectivity index (χ0v) is 9.65. The highest BCUT2D eigenvalue weighted by Crippen LogP contribution is 1.96. The number of nitrogens with one attached hydrogen (secondary N) is 1. The van der Waals surface area contributed by atoms with E-state index in [1.54, 1.807) is 0 Å². The highest BCUT2D eigenvalue weighted by Gasteiger charge is 2.09. The van der Waals surface area contributed by atoms with Gasteiger partial charge in [0, 0.05) is 13.1 Å². The molecule has 1 rings (SSSR count). The largest absolute Gasteiger partial charge is 0.480 e. The molecule has 0 bridgehead atoms. The summed E-state index contributed by atoms with van der Waals surface area (Å²) >= 11 is 0. The number of rotatable bonds is 5. The zero-order chi connectivity index (χ0) is 12.2. The van der Waals surface area contributed by atoms with Crippen LogP contribution in [-0.4, -0.2) is 50.0 Å². The van der Waals surface area contributed by atoms with E-state index in [0.29, 0.717) is 13.0 Å². The molecule has 1 aliphatic heterocycles. The second-order valence-electron chi connectivity index (χ2n) is 3.59. The van der Waals surface area contributed by atoms with Crippen LogP contribution in [0.15, 0.2) is 0 Å². The third-order valence-electron chi connectivity index (χ3n) is 2.13. The van der Waals surface area contributed by atoms with Gasteiger partial charge < -0.3 is 26.6 Å². The van der Waals surface area contributed by atoms with Gasteiger partial charge in [-0.2, -0.15) is 0 Å². The average Bonchev–Trinajstić information content (AvgIpc) is 2.32. The average molecular weight is 233 g/mol. The minimum absolute atomic E-state index is 0.520. The molecule has 0 amide bonds. The number of carboxylic acid groups (broad SMARTS) is 1. The van der Waals surface area contributed by atoms with Gasteiger partial charge >= 0.3 is 5.97 Å². The van der Waals surface area contributed by atoms with Crippen molar-refractivity contribution < 1.29 is 14.6 Å². The maximum atomic E-state index is 10.1. The molecule has 6 nitrogen and oxygen atoms in total. The molecule has 0 unspecified atom stereocenters. The first-order valence-corrected chi connectivity index (χ1v) is 5.65. The van der Waals surface area contributed by atoms with Crippen LogP contribution in [0.2, 0.25) is 0 Å². The molecule has 0 aliphatic carbocycles. The lowest BCUT2D eigenvalue weighted by atomic mass is 10.1. The van der Waals surface area contributed by atoms with Crippen molar-refractivity contribution in [1.29, 1.82) is 0 Å². The van der Waals surface area contributed by atoms with Crippen molar-refractivity contribution in [2.75, 3.05) is 32.8 Å². The Morgan fingerprint density at radius 3 is 2.31 bits per heavy atom. The predicted molar refractivity (Wildman–Crippen MR) is 62.2 cm³/mol. The summed E-state index contributed by atoms with van der Waals surface area (Å²) in [6.45, 7) is 4.44. The second kappa shape index (κ2) is 10.8. The van der Waals surface area contributed by atoms with Crippen LogP contribution in [0.25, 0.3) is 0 Å². The summed E-state index contributed by atoms with van der Waals surface area (Å²) in [5.41, 5.74) is 10.4. The molecular formula is C10H23N3O3. The van der Waals surface area contributed by atoms with Crippen LogP contribution in [0.4, 0.5) is 0 Å². The van der Waals surface area contributed by atoms with Crippen LogP contribution in [0, 0.1) is 0 Å².